The lowest BCUT2D eigenvalue weighted by molar-refractivity contribution is -0.115. The van der Waals surface area contributed by atoms with E-state index in [0.717, 1.165) is 20.1 Å². The molecule has 0 unspecified atom stereocenters. The lowest BCUT2D eigenvalue weighted by atomic mass is 10.2. The Bertz CT molecular complexity index is 835. The average Bonchev–Trinajstić information content (AvgIpc) is 2.86. The number of ether oxygens (including phenoxy) is 1. The van der Waals surface area contributed by atoms with Gasteiger partial charge in [-0.1, -0.05) is 68.0 Å². The summed E-state index contributed by atoms with van der Waals surface area (Å²) in [7, 11) is 0. The number of halogens is 2. The van der Waals surface area contributed by atoms with Crippen molar-refractivity contribution in [1.82, 2.24) is 5.32 Å². The number of carbonyl (C=O) groups is 1. The fourth-order valence-electron chi connectivity index (χ4n) is 2.07. The molecule has 1 fully saturated rings. The molecule has 0 radical (unpaired) electrons. The fraction of sp³-hybridized carbons (Fsp3) is 0.0588. The number of thiocarbonyl (C=S) groups is 1. The van der Waals surface area contributed by atoms with Crippen LogP contribution < -0.4 is 10.1 Å². The summed E-state index contributed by atoms with van der Waals surface area (Å²) in [6, 6.07) is 13.7. The van der Waals surface area contributed by atoms with Crippen LogP contribution in [0.5, 0.6) is 5.75 Å². The molecule has 0 spiro atoms. The molecule has 1 N–H and O–H groups in total. The number of nitrogens with one attached hydrogen (secondary N) is 1. The summed E-state index contributed by atoms with van der Waals surface area (Å²) >= 11 is 13.1. The van der Waals surface area contributed by atoms with Gasteiger partial charge in [0.1, 0.15) is 16.7 Å². The minimum atomic E-state index is -0.177. The molecule has 122 valence electrons. The molecule has 0 aliphatic carbocycles. The van der Waals surface area contributed by atoms with Gasteiger partial charge in [-0.3, -0.25) is 4.79 Å². The molecule has 3 nitrogen and oxygen atoms in total. The first kappa shape index (κ1) is 17.7. The van der Waals surface area contributed by atoms with Crippen molar-refractivity contribution in [3.63, 3.8) is 0 Å². The van der Waals surface area contributed by atoms with Crippen molar-refractivity contribution in [1.29, 1.82) is 0 Å². The molecule has 1 saturated heterocycles. The highest BCUT2D eigenvalue weighted by Gasteiger charge is 2.22. The SMILES string of the molecule is O=C1NC(=S)S/C1=C\c1cc(Br)ccc1OCc1ccc(Br)cc1. The first-order valence-corrected chi connectivity index (χ1v) is 9.74. The molecule has 2 aromatic carbocycles. The quantitative estimate of drug-likeness (QED) is 0.473. The third-order valence-electron chi connectivity index (χ3n) is 3.21. The minimum Gasteiger partial charge on any atom is -0.488 e. The number of hydrogen-bond donors (Lipinski definition) is 1. The second kappa shape index (κ2) is 7.82. The highest BCUT2D eigenvalue weighted by molar-refractivity contribution is 9.10. The molecule has 7 heteroatoms. The summed E-state index contributed by atoms with van der Waals surface area (Å²) in [6.07, 6.45) is 1.79. The van der Waals surface area contributed by atoms with Crippen LogP contribution in [0, 0.1) is 0 Å². The maximum Gasteiger partial charge on any atom is 0.263 e. The van der Waals surface area contributed by atoms with Crippen molar-refractivity contribution in [2.24, 2.45) is 0 Å². The number of hydrogen-bond acceptors (Lipinski definition) is 4. The Morgan fingerprint density at radius 3 is 2.50 bits per heavy atom. The second-order valence-electron chi connectivity index (χ2n) is 4.95. The minimum absolute atomic E-state index is 0.177. The van der Waals surface area contributed by atoms with Gasteiger partial charge in [0, 0.05) is 14.5 Å². The van der Waals surface area contributed by atoms with E-state index >= 15 is 0 Å². The van der Waals surface area contributed by atoms with E-state index in [1.807, 2.05) is 42.5 Å². The molecule has 1 aliphatic rings. The lowest BCUT2D eigenvalue weighted by Crippen LogP contribution is -2.17. The standard InChI is InChI=1S/C17H11Br2NO2S2/c18-12-3-1-10(2-4-12)9-22-14-6-5-13(19)7-11(14)8-15-16(21)20-17(23)24-15/h1-8H,9H2,(H,20,21,23)/b15-8-. The van der Waals surface area contributed by atoms with E-state index in [9.17, 15) is 4.79 Å². The van der Waals surface area contributed by atoms with Gasteiger partial charge in [-0.2, -0.15) is 0 Å². The third kappa shape index (κ3) is 4.47. The van der Waals surface area contributed by atoms with E-state index in [1.165, 1.54) is 11.8 Å². The fourth-order valence-corrected chi connectivity index (χ4v) is 3.75. The van der Waals surface area contributed by atoms with Crippen LogP contribution in [0.3, 0.4) is 0 Å². The molecule has 3 rings (SSSR count). The van der Waals surface area contributed by atoms with Crippen LogP contribution in [-0.2, 0) is 11.4 Å². The van der Waals surface area contributed by atoms with Gasteiger partial charge < -0.3 is 10.1 Å². The van der Waals surface area contributed by atoms with E-state index < -0.39 is 0 Å². The molecule has 0 saturated carbocycles. The average molecular weight is 485 g/mol. The highest BCUT2D eigenvalue weighted by Crippen LogP contribution is 2.31. The number of amides is 1. The molecule has 2 aromatic rings. The predicted octanol–water partition coefficient (Wildman–Crippen LogP) is 5.28. The molecule has 0 aromatic heterocycles. The summed E-state index contributed by atoms with van der Waals surface area (Å²) in [6.45, 7) is 0.447. The predicted molar refractivity (Wildman–Crippen MR) is 109 cm³/mol. The van der Waals surface area contributed by atoms with Gasteiger partial charge in [-0.15, -0.1) is 0 Å². The molecule has 0 atom stereocenters. The van der Waals surface area contributed by atoms with Gasteiger partial charge in [-0.25, -0.2) is 0 Å². The van der Waals surface area contributed by atoms with Crippen LogP contribution >= 0.6 is 55.8 Å². The summed E-state index contributed by atoms with van der Waals surface area (Å²) in [5.41, 5.74) is 1.89. The van der Waals surface area contributed by atoms with Gasteiger partial charge in [-0.05, 0) is 42.0 Å². The number of thioether (sulfide) groups is 1. The smallest absolute Gasteiger partial charge is 0.263 e. The first-order chi connectivity index (χ1) is 11.5. The molecule has 1 heterocycles. The normalized spacial score (nSPS) is 15.7. The Hall–Kier alpha value is -1.15. The first-order valence-electron chi connectivity index (χ1n) is 6.93. The number of rotatable bonds is 4. The Labute approximate surface area is 166 Å². The van der Waals surface area contributed by atoms with Crippen molar-refractivity contribution in [2.45, 2.75) is 6.61 Å². The largest absolute Gasteiger partial charge is 0.488 e. The zero-order chi connectivity index (χ0) is 17.1. The van der Waals surface area contributed by atoms with Crippen molar-refractivity contribution < 1.29 is 9.53 Å². The van der Waals surface area contributed by atoms with Crippen molar-refractivity contribution >= 4 is 72.1 Å². The Kier molecular flexibility index (Phi) is 5.76. The molecule has 24 heavy (non-hydrogen) atoms. The van der Waals surface area contributed by atoms with Crippen LogP contribution in [-0.4, -0.2) is 10.2 Å². The van der Waals surface area contributed by atoms with Crippen molar-refractivity contribution in [3.8, 4) is 5.75 Å². The van der Waals surface area contributed by atoms with E-state index in [2.05, 4.69) is 37.2 Å². The van der Waals surface area contributed by atoms with Crippen LogP contribution in [0.1, 0.15) is 11.1 Å². The van der Waals surface area contributed by atoms with Gasteiger partial charge in [0.05, 0.1) is 4.91 Å². The zero-order valence-electron chi connectivity index (χ0n) is 12.2. The van der Waals surface area contributed by atoms with E-state index in [0.29, 0.717) is 21.6 Å². The Morgan fingerprint density at radius 1 is 1.12 bits per heavy atom. The molecule has 1 aliphatic heterocycles. The van der Waals surface area contributed by atoms with E-state index in [1.54, 1.807) is 6.08 Å². The maximum absolute atomic E-state index is 11.9. The van der Waals surface area contributed by atoms with Crippen LogP contribution in [0.25, 0.3) is 6.08 Å². The Balaban J connectivity index is 1.83. The molecular weight excluding hydrogens is 474 g/mol. The maximum atomic E-state index is 11.9. The molecular formula is C17H11Br2NO2S2. The van der Waals surface area contributed by atoms with Crippen molar-refractivity contribution in [3.05, 3.63) is 67.4 Å². The lowest BCUT2D eigenvalue weighted by Gasteiger charge is -2.10. The van der Waals surface area contributed by atoms with Crippen LogP contribution in [0.15, 0.2) is 56.3 Å². The van der Waals surface area contributed by atoms with Gasteiger partial charge in [0.15, 0.2) is 0 Å². The number of benzene rings is 2. The summed E-state index contributed by atoms with van der Waals surface area (Å²) in [4.78, 5) is 12.4. The van der Waals surface area contributed by atoms with Gasteiger partial charge in [0.25, 0.3) is 5.91 Å². The van der Waals surface area contributed by atoms with Crippen LogP contribution in [0.4, 0.5) is 0 Å². The molecule has 1 amide bonds. The third-order valence-corrected chi connectivity index (χ3v) is 5.39. The van der Waals surface area contributed by atoms with Gasteiger partial charge >= 0.3 is 0 Å². The summed E-state index contributed by atoms with van der Waals surface area (Å²) in [5.74, 6) is 0.531. The van der Waals surface area contributed by atoms with Gasteiger partial charge in [0.2, 0.25) is 0 Å². The highest BCUT2D eigenvalue weighted by atomic mass is 79.9. The summed E-state index contributed by atoms with van der Waals surface area (Å²) in [5, 5.41) is 2.61. The number of carbonyl (C=O) groups excluding carboxylic acids is 1. The van der Waals surface area contributed by atoms with Crippen LogP contribution in [0.2, 0.25) is 0 Å². The van der Waals surface area contributed by atoms with Crippen molar-refractivity contribution in [2.75, 3.05) is 0 Å². The Morgan fingerprint density at radius 2 is 1.83 bits per heavy atom. The van der Waals surface area contributed by atoms with E-state index in [-0.39, 0.29) is 5.91 Å². The zero-order valence-corrected chi connectivity index (χ0v) is 17.0. The van der Waals surface area contributed by atoms with E-state index in [4.69, 9.17) is 17.0 Å². The second-order valence-corrected chi connectivity index (χ2v) is 8.50. The topological polar surface area (TPSA) is 38.3 Å². The monoisotopic (exact) mass is 483 g/mol. The molecule has 0 bridgehead atoms. The summed E-state index contributed by atoms with van der Waals surface area (Å²) < 4.78 is 8.35.